The molecule has 2 aromatic carbocycles. The average molecular weight is 460 g/mol. The molecule has 6 nitrogen and oxygen atoms in total. The fraction of sp³-hybridized carbons (Fsp3) is 0.346. The van der Waals surface area contributed by atoms with Gasteiger partial charge in [0.25, 0.3) is 5.56 Å². The molecular formula is C26H26ClN5O. The molecule has 1 aromatic heterocycles. The van der Waals surface area contributed by atoms with Crippen LogP contribution in [0.1, 0.15) is 47.0 Å². The number of aryl methyl sites for hydroxylation is 1. The fourth-order valence-electron chi connectivity index (χ4n) is 5.54. The van der Waals surface area contributed by atoms with Crippen LogP contribution in [-0.2, 0) is 6.42 Å². The van der Waals surface area contributed by atoms with Crippen LogP contribution in [-0.4, -0.2) is 22.6 Å². The highest BCUT2D eigenvalue weighted by Crippen LogP contribution is 2.51. The lowest BCUT2D eigenvalue weighted by atomic mass is 9.73. The number of nitriles is 1. The summed E-state index contributed by atoms with van der Waals surface area (Å²) >= 11 is 6.42. The predicted molar refractivity (Wildman–Crippen MR) is 130 cm³/mol. The zero-order valence-corrected chi connectivity index (χ0v) is 19.6. The molecule has 0 bridgehead atoms. The molecule has 0 radical (unpaired) electrons. The largest absolute Gasteiger partial charge is 0.356 e. The minimum absolute atomic E-state index is 0.0502. The molecule has 0 unspecified atom stereocenters. The first-order valence-corrected chi connectivity index (χ1v) is 11.6. The van der Waals surface area contributed by atoms with Gasteiger partial charge in [-0.15, -0.1) is 0 Å². The molecule has 2 aliphatic rings. The zero-order chi connectivity index (χ0) is 23.3. The molecule has 7 heteroatoms. The zero-order valence-electron chi connectivity index (χ0n) is 18.8. The Morgan fingerprint density at radius 3 is 2.58 bits per heavy atom. The number of nitrogens with zero attached hydrogens (tertiary/aromatic N) is 4. The maximum atomic E-state index is 13.4. The topological polar surface area (TPSA) is 87.9 Å². The second-order valence-electron chi connectivity index (χ2n) is 9.20. The van der Waals surface area contributed by atoms with Crippen molar-refractivity contribution >= 4 is 17.4 Å². The number of benzene rings is 2. The number of hydrogen-bond acceptors (Lipinski definition) is 5. The smallest absolute Gasteiger partial charge is 0.263 e. The summed E-state index contributed by atoms with van der Waals surface area (Å²) in [5, 5.41) is 9.57. The Bertz CT molecular complexity index is 1350. The second-order valence-corrected chi connectivity index (χ2v) is 9.58. The Balaban J connectivity index is 1.45. The van der Waals surface area contributed by atoms with Crippen molar-refractivity contribution in [2.75, 3.05) is 18.0 Å². The van der Waals surface area contributed by atoms with Gasteiger partial charge in [-0.2, -0.15) is 5.26 Å². The number of halogens is 1. The van der Waals surface area contributed by atoms with E-state index in [2.05, 4.69) is 35.2 Å². The van der Waals surface area contributed by atoms with E-state index in [9.17, 15) is 10.1 Å². The first kappa shape index (κ1) is 21.7. The van der Waals surface area contributed by atoms with Crippen molar-refractivity contribution in [1.82, 2.24) is 9.55 Å². The highest BCUT2D eigenvalue weighted by atomic mass is 35.5. The third-order valence-corrected chi connectivity index (χ3v) is 7.84. The minimum atomic E-state index is -0.167. The number of anilines is 1. The van der Waals surface area contributed by atoms with Crippen molar-refractivity contribution in [2.24, 2.45) is 11.1 Å². The van der Waals surface area contributed by atoms with Gasteiger partial charge in [0.05, 0.1) is 21.8 Å². The second kappa shape index (κ2) is 8.02. The molecule has 168 valence electrons. The molecule has 33 heavy (non-hydrogen) atoms. The van der Waals surface area contributed by atoms with Crippen LogP contribution in [0.15, 0.2) is 47.3 Å². The van der Waals surface area contributed by atoms with E-state index in [0.717, 1.165) is 38.2 Å². The van der Waals surface area contributed by atoms with Crippen LogP contribution in [0, 0.1) is 30.6 Å². The van der Waals surface area contributed by atoms with Gasteiger partial charge in [-0.3, -0.25) is 9.36 Å². The first-order valence-electron chi connectivity index (χ1n) is 11.2. The van der Waals surface area contributed by atoms with Crippen LogP contribution in [0.4, 0.5) is 5.82 Å². The van der Waals surface area contributed by atoms with E-state index >= 15 is 0 Å². The fourth-order valence-corrected chi connectivity index (χ4v) is 5.79. The molecule has 0 saturated carbocycles. The lowest BCUT2D eigenvalue weighted by Gasteiger charge is -2.43. The molecule has 2 N–H and O–H groups in total. The Morgan fingerprint density at radius 1 is 1.15 bits per heavy atom. The van der Waals surface area contributed by atoms with Crippen LogP contribution in [0.3, 0.4) is 0 Å². The number of fused-ring (bicyclic) bond motifs is 1. The van der Waals surface area contributed by atoms with E-state index in [1.165, 1.54) is 15.7 Å². The summed E-state index contributed by atoms with van der Waals surface area (Å²) in [6, 6.07) is 15.7. The molecule has 1 saturated heterocycles. The molecule has 2 heterocycles. The lowest BCUT2D eigenvalue weighted by Crippen LogP contribution is -2.45. The highest BCUT2D eigenvalue weighted by Gasteiger charge is 2.46. The van der Waals surface area contributed by atoms with E-state index in [1.54, 1.807) is 25.1 Å². The summed E-state index contributed by atoms with van der Waals surface area (Å²) in [5.74, 6) is 1.27. The van der Waals surface area contributed by atoms with Crippen LogP contribution in [0.25, 0.3) is 5.69 Å². The van der Waals surface area contributed by atoms with Gasteiger partial charge >= 0.3 is 0 Å². The number of aromatic nitrogens is 2. The number of nitrogens with two attached hydrogens (primary N) is 1. The molecule has 1 aliphatic carbocycles. The summed E-state index contributed by atoms with van der Waals surface area (Å²) in [6.07, 6.45) is 2.93. The third kappa shape index (κ3) is 3.35. The Labute approximate surface area is 198 Å². The molecule has 1 aliphatic heterocycles. The Morgan fingerprint density at radius 2 is 1.88 bits per heavy atom. The quantitative estimate of drug-likeness (QED) is 0.620. The van der Waals surface area contributed by atoms with Crippen LogP contribution >= 0.6 is 11.6 Å². The van der Waals surface area contributed by atoms with Crippen molar-refractivity contribution in [3.63, 3.8) is 0 Å². The van der Waals surface area contributed by atoms with Crippen LogP contribution in [0.5, 0.6) is 0 Å². The number of rotatable bonds is 2. The maximum Gasteiger partial charge on any atom is 0.263 e. The van der Waals surface area contributed by atoms with E-state index < -0.39 is 0 Å². The molecule has 5 rings (SSSR count). The summed E-state index contributed by atoms with van der Waals surface area (Å²) < 4.78 is 1.50. The molecule has 1 spiro atoms. The SMILES string of the molecule is Cc1c(N2CCC3(CC2)Cc2ccccc2[C@H]3N)nc(C)n(-c2cccc(C#N)c2Cl)c1=O. The van der Waals surface area contributed by atoms with Crippen molar-refractivity contribution in [3.8, 4) is 11.8 Å². The van der Waals surface area contributed by atoms with E-state index in [1.807, 2.05) is 6.92 Å². The molecule has 0 amide bonds. The van der Waals surface area contributed by atoms with Crippen LogP contribution < -0.4 is 16.2 Å². The van der Waals surface area contributed by atoms with E-state index in [-0.39, 0.29) is 22.0 Å². The van der Waals surface area contributed by atoms with E-state index in [4.69, 9.17) is 22.3 Å². The van der Waals surface area contributed by atoms with Gasteiger partial charge in [0.1, 0.15) is 17.7 Å². The van der Waals surface area contributed by atoms with Crippen molar-refractivity contribution in [2.45, 2.75) is 39.2 Å². The number of hydrogen-bond donors (Lipinski definition) is 1. The average Bonchev–Trinajstić information content (AvgIpc) is 3.09. The lowest BCUT2D eigenvalue weighted by molar-refractivity contribution is 0.187. The Kier molecular flexibility index (Phi) is 5.27. The standard InChI is InChI=1S/C26H26ClN5O/c1-16-24(30-17(2)32(25(16)33)21-9-5-7-19(15-28)22(21)27)31-12-10-26(11-13-31)14-18-6-3-4-8-20(18)23(26)29/h3-9,23H,10-14,29H2,1-2H3/t23-/m1/s1. The molecule has 1 atom stereocenters. The van der Waals surface area contributed by atoms with Gasteiger partial charge < -0.3 is 10.6 Å². The summed E-state index contributed by atoms with van der Waals surface area (Å²) in [5.41, 5.74) is 10.6. The minimum Gasteiger partial charge on any atom is -0.356 e. The molecule has 1 fully saturated rings. The van der Waals surface area contributed by atoms with Gasteiger partial charge in [0.2, 0.25) is 0 Å². The van der Waals surface area contributed by atoms with Gasteiger partial charge in [0.15, 0.2) is 0 Å². The monoisotopic (exact) mass is 459 g/mol. The van der Waals surface area contributed by atoms with Gasteiger partial charge in [-0.1, -0.05) is 41.9 Å². The highest BCUT2D eigenvalue weighted by molar-refractivity contribution is 6.33. The Hall–Kier alpha value is -3.14. The van der Waals surface area contributed by atoms with Crippen LogP contribution in [0.2, 0.25) is 5.02 Å². The third-order valence-electron chi connectivity index (χ3n) is 7.44. The summed E-state index contributed by atoms with van der Waals surface area (Å²) in [4.78, 5) is 20.4. The van der Waals surface area contributed by atoms with Gasteiger partial charge in [-0.05, 0) is 61.8 Å². The first-order chi connectivity index (χ1) is 15.9. The molecule has 3 aromatic rings. The van der Waals surface area contributed by atoms with Crippen molar-refractivity contribution in [3.05, 3.63) is 85.9 Å². The normalized spacial score (nSPS) is 18.9. The van der Waals surface area contributed by atoms with E-state index in [0.29, 0.717) is 22.6 Å². The summed E-state index contributed by atoms with van der Waals surface area (Å²) in [7, 11) is 0. The predicted octanol–water partition coefficient (Wildman–Crippen LogP) is 4.22. The van der Waals surface area contributed by atoms with Crippen molar-refractivity contribution < 1.29 is 0 Å². The maximum absolute atomic E-state index is 13.4. The number of piperidine rings is 1. The van der Waals surface area contributed by atoms with Gasteiger partial charge in [-0.25, -0.2) is 4.98 Å². The molecular weight excluding hydrogens is 434 g/mol. The van der Waals surface area contributed by atoms with Gasteiger partial charge in [0, 0.05) is 19.1 Å². The van der Waals surface area contributed by atoms with Crippen molar-refractivity contribution in [1.29, 1.82) is 5.26 Å². The summed E-state index contributed by atoms with van der Waals surface area (Å²) in [6.45, 7) is 5.23.